The predicted molar refractivity (Wildman–Crippen MR) is 122 cm³/mol. The molecule has 0 fully saturated rings. The zero-order valence-corrected chi connectivity index (χ0v) is 20.8. The molecule has 0 aliphatic carbocycles. The SMILES string of the molecule is C/C(=C\c1cc(Br)c(OCCO)c(Br)c1)c1cc(Br)c(OCCO)c(Br)c1. The van der Waals surface area contributed by atoms with Crippen LogP contribution in [0, 0.1) is 0 Å². The molecule has 0 spiro atoms. The van der Waals surface area contributed by atoms with Gasteiger partial charge < -0.3 is 19.7 Å². The van der Waals surface area contributed by atoms with Gasteiger partial charge in [0.1, 0.15) is 24.7 Å². The first-order chi connectivity index (χ1) is 12.9. The lowest BCUT2D eigenvalue weighted by atomic mass is 10.0. The summed E-state index contributed by atoms with van der Waals surface area (Å²) in [5.74, 6) is 1.33. The molecule has 0 heterocycles. The van der Waals surface area contributed by atoms with E-state index in [0.717, 1.165) is 34.6 Å². The lowest BCUT2D eigenvalue weighted by Crippen LogP contribution is -2.03. The summed E-state index contributed by atoms with van der Waals surface area (Å²) < 4.78 is 14.3. The summed E-state index contributed by atoms with van der Waals surface area (Å²) in [6.45, 7) is 2.42. The predicted octanol–water partition coefficient (Wildman–Crippen LogP) is 6.04. The van der Waals surface area contributed by atoms with Crippen molar-refractivity contribution >= 4 is 75.4 Å². The highest BCUT2D eigenvalue weighted by molar-refractivity contribution is 9.11. The van der Waals surface area contributed by atoms with Crippen molar-refractivity contribution in [2.45, 2.75) is 6.92 Å². The van der Waals surface area contributed by atoms with Gasteiger partial charge in [-0.05, 0) is 112 Å². The molecule has 0 aliphatic heterocycles. The number of halogens is 4. The zero-order valence-electron chi connectivity index (χ0n) is 14.4. The van der Waals surface area contributed by atoms with Crippen molar-refractivity contribution in [1.82, 2.24) is 0 Å². The van der Waals surface area contributed by atoms with Crippen LogP contribution in [0.25, 0.3) is 11.6 Å². The van der Waals surface area contributed by atoms with Crippen LogP contribution >= 0.6 is 63.7 Å². The third kappa shape index (κ3) is 6.30. The van der Waals surface area contributed by atoms with Gasteiger partial charge in [-0.1, -0.05) is 6.08 Å². The van der Waals surface area contributed by atoms with Crippen molar-refractivity contribution in [2.24, 2.45) is 0 Å². The van der Waals surface area contributed by atoms with Gasteiger partial charge in [-0.15, -0.1) is 0 Å². The van der Waals surface area contributed by atoms with Crippen LogP contribution in [0.2, 0.25) is 0 Å². The Morgan fingerprint density at radius 2 is 1.22 bits per heavy atom. The lowest BCUT2D eigenvalue weighted by molar-refractivity contribution is 0.200. The Morgan fingerprint density at radius 1 is 0.815 bits per heavy atom. The van der Waals surface area contributed by atoms with E-state index in [-0.39, 0.29) is 26.4 Å². The molecule has 27 heavy (non-hydrogen) atoms. The second-order valence-electron chi connectivity index (χ2n) is 5.55. The number of hydrogen-bond donors (Lipinski definition) is 2. The highest BCUT2D eigenvalue weighted by atomic mass is 79.9. The minimum Gasteiger partial charge on any atom is -0.489 e. The smallest absolute Gasteiger partial charge is 0.147 e. The Balaban J connectivity index is 2.32. The van der Waals surface area contributed by atoms with Crippen molar-refractivity contribution in [2.75, 3.05) is 26.4 Å². The number of benzene rings is 2. The van der Waals surface area contributed by atoms with E-state index in [2.05, 4.69) is 69.8 Å². The second kappa shape index (κ2) is 11.0. The molecule has 0 amide bonds. The summed E-state index contributed by atoms with van der Waals surface area (Å²) >= 11 is 14.1. The highest BCUT2D eigenvalue weighted by Gasteiger charge is 2.11. The van der Waals surface area contributed by atoms with Crippen molar-refractivity contribution in [3.63, 3.8) is 0 Å². The van der Waals surface area contributed by atoms with Crippen molar-refractivity contribution < 1.29 is 19.7 Å². The molecule has 146 valence electrons. The van der Waals surface area contributed by atoms with Crippen LogP contribution in [-0.2, 0) is 0 Å². The number of aliphatic hydroxyl groups excluding tert-OH is 2. The Bertz CT molecular complexity index is 790. The minimum atomic E-state index is -0.0403. The van der Waals surface area contributed by atoms with Crippen LogP contribution < -0.4 is 9.47 Å². The first-order valence-electron chi connectivity index (χ1n) is 8.01. The molecule has 0 unspecified atom stereocenters. The number of allylic oxidation sites excluding steroid dienone is 1. The highest BCUT2D eigenvalue weighted by Crippen LogP contribution is 2.38. The van der Waals surface area contributed by atoms with Crippen LogP contribution in [0.15, 0.2) is 42.2 Å². The Kier molecular flexibility index (Phi) is 9.31. The summed E-state index contributed by atoms with van der Waals surface area (Å²) in [4.78, 5) is 0. The first kappa shape index (κ1) is 22.9. The lowest BCUT2D eigenvalue weighted by Gasteiger charge is -2.13. The fourth-order valence-electron chi connectivity index (χ4n) is 2.35. The van der Waals surface area contributed by atoms with E-state index in [4.69, 9.17) is 19.7 Å². The largest absolute Gasteiger partial charge is 0.489 e. The van der Waals surface area contributed by atoms with Gasteiger partial charge in [0.05, 0.1) is 31.1 Å². The van der Waals surface area contributed by atoms with E-state index in [9.17, 15) is 0 Å². The molecule has 0 saturated carbocycles. The summed E-state index contributed by atoms with van der Waals surface area (Å²) in [6, 6.07) is 7.88. The Morgan fingerprint density at radius 3 is 1.63 bits per heavy atom. The van der Waals surface area contributed by atoms with Gasteiger partial charge in [0.25, 0.3) is 0 Å². The summed E-state index contributed by atoms with van der Waals surface area (Å²) in [6.07, 6.45) is 2.06. The van der Waals surface area contributed by atoms with E-state index in [1.54, 1.807) is 0 Å². The summed E-state index contributed by atoms with van der Waals surface area (Å²) in [5, 5.41) is 17.9. The van der Waals surface area contributed by atoms with Crippen LogP contribution in [0.4, 0.5) is 0 Å². The average Bonchev–Trinajstić information content (AvgIpc) is 2.60. The standard InChI is InChI=1S/C19H18Br4O4/c1-11(13-9-16(22)19(17(23)10-13)27-5-3-25)6-12-7-14(20)18(15(21)8-12)26-4-2-24/h6-10,24-25H,2-5H2,1H3/b11-6+. The first-order valence-corrected chi connectivity index (χ1v) is 11.2. The monoisotopic (exact) mass is 626 g/mol. The molecule has 8 heteroatoms. The molecule has 0 atom stereocenters. The van der Waals surface area contributed by atoms with Gasteiger partial charge in [0.15, 0.2) is 0 Å². The zero-order chi connectivity index (χ0) is 20.0. The molecule has 2 aromatic rings. The third-order valence-corrected chi connectivity index (χ3v) is 5.89. The van der Waals surface area contributed by atoms with Crippen molar-refractivity contribution in [3.8, 4) is 11.5 Å². The average molecular weight is 630 g/mol. The fraction of sp³-hybridized carbons (Fsp3) is 0.263. The van der Waals surface area contributed by atoms with Crippen LogP contribution in [-0.4, -0.2) is 36.6 Å². The van der Waals surface area contributed by atoms with E-state index in [0.29, 0.717) is 11.5 Å². The summed E-state index contributed by atoms with van der Waals surface area (Å²) in [7, 11) is 0. The number of rotatable bonds is 8. The maximum absolute atomic E-state index is 8.93. The van der Waals surface area contributed by atoms with E-state index >= 15 is 0 Å². The van der Waals surface area contributed by atoms with E-state index in [1.165, 1.54) is 0 Å². The Hall–Kier alpha value is -0.380. The molecule has 0 aromatic heterocycles. The topological polar surface area (TPSA) is 58.9 Å². The van der Waals surface area contributed by atoms with E-state index in [1.807, 2.05) is 31.2 Å². The van der Waals surface area contributed by atoms with Gasteiger partial charge in [0, 0.05) is 0 Å². The maximum Gasteiger partial charge on any atom is 0.147 e. The van der Waals surface area contributed by atoms with E-state index < -0.39 is 0 Å². The van der Waals surface area contributed by atoms with Crippen molar-refractivity contribution in [3.05, 3.63) is 53.3 Å². The van der Waals surface area contributed by atoms with Gasteiger partial charge in [-0.25, -0.2) is 0 Å². The van der Waals surface area contributed by atoms with Crippen LogP contribution in [0.1, 0.15) is 18.1 Å². The number of aliphatic hydroxyl groups is 2. The quantitative estimate of drug-likeness (QED) is 0.350. The second-order valence-corrected chi connectivity index (χ2v) is 8.97. The molecular formula is C19H18Br4O4. The molecular weight excluding hydrogens is 612 g/mol. The maximum atomic E-state index is 8.93. The Labute approximate surface area is 192 Å². The van der Waals surface area contributed by atoms with Gasteiger partial charge in [0.2, 0.25) is 0 Å². The summed E-state index contributed by atoms with van der Waals surface area (Å²) in [5.41, 5.74) is 3.08. The molecule has 4 nitrogen and oxygen atoms in total. The van der Waals surface area contributed by atoms with Crippen LogP contribution in [0.5, 0.6) is 11.5 Å². The van der Waals surface area contributed by atoms with Gasteiger partial charge in [-0.2, -0.15) is 0 Å². The fourth-order valence-corrected chi connectivity index (χ4v) is 5.22. The number of ether oxygens (including phenoxy) is 2. The normalized spacial score (nSPS) is 11.6. The molecule has 0 radical (unpaired) electrons. The van der Waals surface area contributed by atoms with Crippen LogP contribution in [0.3, 0.4) is 0 Å². The molecule has 2 aromatic carbocycles. The third-order valence-electron chi connectivity index (χ3n) is 3.53. The molecule has 2 N–H and O–H groups in total. The molecule has 0 bridgehead atoms. The van der Waals surface area contributed by atoms with Crippen molar-refractivity contribution in [1.29, 1.82) is 0 Å². The minimum absolute atomic E-state index is 0.0403. The molecule has 0 aliphatic rings. The number of hydrogen-bond acceptors (Lipinski definition) is 4. The molecule has 2 rings (SSSR count). The van der Waals surface area contributed by atoms with Gasteiger partial charge >= 0.3 is 0 Å². The van der Waals surface area contributed by atoms with Gasteiger partial charge in [-0.3, -0.25) is 0 Å². The molecule has 0 saturated heterocycles.